The second-order valence-electron chi connectivity index (χ2n) is 8.96. The van der Waals surface area contributed by atoms with E-state index in [0.717, 1.165) is 11.6 Å². The van der Waals surface area contributed by atoms with Gasteiger partial charge in [0, 0.05) is 23.8 Å². The van der Waals surface area contributed by atoms with Crippen molar-refractivity contribution in [3.8, 4) is 40.2 Å². The van der Waals surface area contributed by atoms with Crippen LogP contribution >= 0.6 is 0 Å². The highest BCUT2D eigenvalue weighted by atomic mass is 16.6. The second-order valence-corrected chi connectivity index (χ2v) is 8.96. The number of rotatable bonds is 3. The molecule has 1 spiro atoms. The minimum atomic E-state index is -1.72. The Balaban J connectivity index is 1.64. The number of hydrogen-bond donors (Lipinski definition) is 5. The molecule has 0 radical (unpaired) electrons. The van der Waals surface area contributed by atoms with Gasteiger partial charge in [0.1, 0.15) is 46.4 Å². The van der Waals surface area contributed by atoms with E-state index in [2.05, 4.69) is 0 Å². The number of aromatic hydroxyl groups is 5. The summed E-state index contributed by atoms with van der Waals surface area (Å²) in [5, 5.41) is 51.3. The fourth-order valence-electron chi connectivity index (χ4n) is 5.20. The molecule has 0 bridgehead atoms. The van der Waals surface area contributed by atoms with Crippen molar-refractivity contribution in [2.75, 3.05) is 0 Å². The van der Waals surface area contributed by atoms with Gasteiger partial charge in [-0.2, -0.15) is 0 Å². The summed E-state index contributed by atoms with van der Waals surface area (Å²) in [5.74, 6) is -1.29. The van der Waals surface area contributed by atoms with Crippen LogP contribution in [0.15, 0.2) is 72.8 Å². The number of fused-ring (bicyclic) bond motifs is 4. The first-order valence-electron chi connectivity index (χ1n) is 11.4. The summed E-state index contributed by atoms with van der Waals surface area (Å²) in [7, 11) is 0. The maximum absolute atomic E-state index is 13.8. The lowest BCUT2D eigenvalue weighted by molar-refractivity contribution is -0.139. The minimum absolute atomic E-state index is 0.0518. The Morgan fingerprint density at radius 1 is 0.703 bits per heavy atom. The Kier molecular flexibility index (Phi) is 4.81. The lowest BCUT2D eigenvalue weighted by Gasteiger charge is -2.29. The standard InChI is InChI=1S/C29H20O8/c30-18-8-5-15(6-9-18)4-7-16-10-20(32)13-23-25(16)29(28(35)37-23)26-22(34)12-21(33)14-24(26)36-27(29)17-2-1-3-19(31)11-17/h1-14,27,30-34H/b7-4+/t27?,29-/m0/s1. The third-order valence-corrected chi connectivity index (χ3v) is 6.66. The van der Waals surface area contributed by atoms with Gasteiger partial charge in [-0.25, -0.2) is 0 Å². The van der Waals surface area contributed by atoms with Crippen LogP contribution < -0.4 is 9.47 Å². The molecule has 4 aromatic rings. The SMILES string of the molecule is O=C1Oc2cc(O)cc(/C=C/c3ccc(O)cc3)c2[C@@]12c1c(O)cc(O)cc1OC2c1cccc(O)c1. The molecule has 0 amide bonds. The zero-order valence-electron chi connectivity index (χ0n) is 19.1. The van der Waals surface area contributed by atoms with Gasteiger partial charge in [-0.15, -0.1) is 0 Å². The van der Waals surface area contributed by atoms with E-state index in [1.54, 1.807) is 36.4 Å². The van der Waals surface area contributed by atoms with Crippen molar-refractivity contribution >= 4 is 18.1 Å². The van der Waals surface area contributed by atoms with Crippen molar-refractivity contribution < 1.29 is 39.8 Å². The van der Waals surface area contributed by atoms with Crippen LogP contribution in [0.25, 0.3) is 12.2 Å². The molecule has 0 fully saturated rings. The van der Waals surface area contributed by atoms with E-state index in [0.29, 0.717) is 16.7 Å². The predicted octanol–water partition coefficient (Wildman–Crippen LogP) is 4.72. The van der Waals surface area contributed by atoms with E-state index in [9.17, 15) is 30.3 Å². The Morgan fingerprint density at radius 2 is 1.43 bits per heavy atom. The Morgan fingerprint density at radius 3 is 2.19 bits per heavy atom. The van der Waals surface area contributed by atoms with Crippen LogP contribution in [0, 0.1) is 0 Å². The minimum Gasteiger partial charge on any atom is -0.508 e. The smallest absolute Gasteiger partial charge is 0.331 e. The molecule has 0 saturated carbocycles. The van der Waals surface area contributed by atoms with E-state index in [1.807, 2.05) is 0 Å². The molecular formula is C29H20O8. The van der Waals surface area contributed by atoms with Gasteiger partial charge in [0.05, 0.1) is 5.56 Å². The van der Waals surface area contributed by atoms with Crippen LogP contribution in [0.2, 0.25) is 0 Å². The summed E-state index contributed by atoms with van der Waals surface area (Å²) in [4.78, 5) is 13.8. The fraction of sp³-hybridized carbons (Fsp3) is 0.0690. The largest absolute Gasteiger partial charge is 0.508 e. The highest BCUT2D eigenvalue weighted by Crippen LogP contribution is 2.63. The number of benzene rings is 4. The fourth-order valence-corrected chi connectivity index (χ4v) is 5.20. The van der Waals surface area contributed by atoms with E-state index < -0.39 is 17.5 Å². The van der Waals surface area contributed by atoms with E-state index >= 15 is 0 Å². The first-order chi connectivity index (χ1) is 17.8. The normalized spacial score (nSPS) is 19.6. The molecule has 8 heteroatoms. The molecule has 2 atom stereocenters. The lowest BCUT2D eigenvalue weighted by atomic mass is 9.68. The highest BCUT2D eigenvalue weighted by Gasteiger charge is 2.64. The van der Waals surface area contributed by atoms with E-state index in [1.165, 1.54) is 42.5 Å². The van der Waals surface area contributed by atoms with E-state index in [-0.39, 0.29) is 45.8 Å². The average molecular weight is 496 g/mol. The van der Waals surface area contributed by atoms with Gasteiger partial charge in [-0.05, 0) is 47.0 Å². The number of phenolic OH excluding ortho intramolecular Hbond substituents is 5. The first kappa shape index (κ1) is 22.4. The van der Waals surface area contributed by atoms with Gasteiger partial charge in [0.15, 0.2) is 5.41 Å². The van der Waals surface area contributed by atoms with Crippen molar-refractivity contribution in [1.82, 2.24) is 0 Å². The maximum atomic E-state index is 13.8. The van der Waals surface area contributed by atoms with Crippen LogP contribution in [0.4, 0.5) is 0 Å². The van der Waals surface area contributed by atoms with Gasteiger partial charge in [-0.3, -0.25) is 4.79 Å². The Labute approximate surface area is 210 Å². The molecule has 0 aromatic heterocycles. The maximum Gasteiger partial charge on any atom is 0.331 e. The molecule has 5 N–H and O–H groups in total. The van der Waals surface area contributed by atoms with E-state index in [4.69, 9.17) is 9.47 Å². The number of esters is 1. The molecule has 184 valence electrons. The summed E-state index contributed by atoms with van der Waals surface area (Å²) in [6.07, 6.45) is 2.34. The monoisotopic (exact) mass is 496 g/mol. The topological polar surface area (TPSA) is 137 Å². The molecular weight excluding hydrogens is 476 g/mol. The number of phenols is 5. The summed E-state index contributed by atoms with van der Waals surface area (Å²) >= 11 is 0. The predicted molar refractivity (Wildman–Crippen MR) is 133 cm³/mol. The summed E-state index contributed by atoms with van der Waals surface area (Å²) < 4.78 is 11.9. The number of ether oxygens (including phenoxy) is 2. The van der Waals surface area contributed by atoms with Crippen LogP contribution in [0.5, 0.6) is 40.2 Å². The Bertz CT molecular complexity index is 1610. The molecule has 37 heavy (non-hydrogen) atoms. The van der Waals surface area contributed by atoms with Crippen LogP contribution in [-0.2, 0) is 10.2 Å². The second kappa shape index (κ2) is 7.96. The van der Waals surface area contributed by atoms with Crippen molar-refractivity contribution in [3.63, 3.8) is 0 Å². The molecule has 2 heterocycles. The molecule has 8 nitrogen and oxygen atoms in total. The van der Waals surface area contributed by atoms with Gasteiger partial charge in [0.2, 0.25) is 0 Å². The number of carbonyl (C=O) groups is 1. The zero-order chi connectivity index (χ0) is 25.9. The van der Waals surface area contributed by atoms with Crippen LogP contribution in [0.1, 0.15) is 33.9 Å². The molecule has 1 unspecified atom stereocenters. The number of hydrogen-bond acceptors (Lipinski definition) is 8. The van der Waals surface area contributed by atoms with Gasteiger partial charge < -0.3 is 35.0 Å². The number of carbonyl (C=O) groups excluding carboxylic acids is 1. The lowest BCUT2D eigenvalue weighted by Crippen LogP contribution is -2.40. The first-order valence-corrected chi connectivity index (χ1v) is 11.4. The van der Waals surface area contributed by atoms with Crippen LogP contribution in [0.3, 0.4) is 0 Å². The Hall–Kier alpha value is -5.11. The summed E-state index contributed by atoms with van der Waals surface area (Å²) in [6.45, 7) is 0. The third kappa shape index (κ3) is 3.34. The summed E-state index contributed by atoms with van der Waals surface area (Å²) in [5.41, 5.74) is 0.322. The zero-order valence-corrected chi connectivity index (χ0v) is 19.1. The average Bonchev–Trinajstić information content (AvgIpc) is 3.33. The van der Waals surface area contributed by atoms with Gasteiger partial charge >= 0.3 is 5.97 Å². The molecule has 0 aliphatic carbocycles. The van der Waals surface area contributed by atoms with Gasteiger partial charge in [-0.1, -0.05) is 36.4 Å². The summed E-state index contributed by atoms with van der Waals surface area (Å²) in [6, 6.07) is 17.9. The van der Waals surface area contributed by atoms with Crippen molar-refractivity contribution in [1.29, 1.82) is 0 Å². The molecule has 0 saturated heterocycles. The van der Waals surface area contributed by atoms with Crippen molar-refractivity contribution in [2.45, 2.75) is 11.5 Å². The highest BCUT2D eigenvalue weighted by molar-refractivity contribution is 6.00. The molecule has 6 rings (SSSR count). The molecule has 2 aliphatic rings. The van der Waals surface area contributed by atoms with Crippen LogP contribution in [-0.4, -0.2) is 31.5 Å². The quantitative estimate of drug-likeness (QED) is 0.156. The van der Waals surface area contributed by atoms with Gasteiger partial charge in [0.25, 0.3) is 0 Å². The molecule has 2 aliphatic heterocycles. The third-order valence-electron chi connectivity index (χ3n) is 6.66. The van der Waals surface area contributed by atoms with Crippen molar-refractivity contribution in [2.24, 2.45) is 0 Å². The van der Waals surface area contributed by atoms with Crippen molar-refractivity contribution in [3.05, 3.63) is 101 Å². The molecule has 4 aromatic carbocycles.